The number of hydrogen-bond donors (Lipinski definition) is 2. The summed E-state index contributed by atoms with van der Waals surface area (Å²) in [4.78, 5) is 13.1. The quantitative estimate of drug-likeness (QED) is 0.737. The monoisotopic (exact) mass is 235 g/mol. The lowest BCUT2D eigenvalue weighted by molar-refractivity contribution is -0.119. The summed E-state index contributed by atoms with van der Waals surface area (Å²) in [6.07, 6.45) is 0.825. The van der Waals surface area contributed by atoms with E-state index in [1.165, 1.54) is 5.56 Å². The van der Waals surface area contributed by atoms with Gasteiger partial charge in [-0.25, -0.2) is 0 Å². The fraction of sp³-hybridized carbons (Fsp3) is 0.462. The van der Waals surface area contributed by atoms with Gasteiger partial charge in [0.25, 0.3) is 0 Å². The highest BCUT2D eigenvalue weighted by Crippen LogP contribution is 2.23. The number of carbonyl (C=O) groups is 1. The average molecular weight is 235 g/mol. The van der Waals surface area contributed by atoms with E-state index in [0.717, 1.165) is 13.0 Å². The van der Waals surface area contributed by atoms with Crippen LogP contribution in [0, 0.1) is 0 Å². The topological polar surface area (TPSA) is 72.3 Å². The Morgan fingerprint density at radius 3 is 2.47 bits per heavy atom. The molecule has 0 aliphatic heterocycles. The van der Waals surface area contributed by atoms with Crippen molar-refractivity contribution in [2.24, 2.45) is 11.5 Å². The van der Waals surface area contributed by atoms with Crippen molar-refractivity contribution in [1.29, 1.82) is 0 Å². The molecule has 0 radical (unpaired) electrons. The highest BCUT2D eigenvalue weighted by atomic mass is 16.1. The molecule has 0 saturated carbocycles. The molecule has 1 aromatic rings. The second-order valence-electron chi connectivity index (χ2n) is 4.03. The molecule has 94 valence electrons. The van der Waals surface area contributed by atoms with Gasteiger partial charge in [0.1, 0.15) is 0 Å². The molecule has 0 heterocycles. The Labute approximate surface area is 103 Å². The third-order valence-electron chi connectivity index (χ3n) is 2.83. The zero-order chi connectivity index (χ0) is 12.7. The van der Waals surface area contributed by atoms with Gasteiger partial charge in [-0.2, -0.15) is 0 Å². The van der Waals surface area contributed by atoms with E-state index in [-0.39, 0.29) is 18.5 Å². The smallest absolute Gasteiger partial charge is 0.231 e. The molecule has 0 aliphatic rings. The summed E-state index contributed by atoms with van der Waals surface area (Å²) >= 11 is 0. The van der Waals surface area contributed by atoms with Crippen LogP contribution in [0.5, 0.6) is 0 Å². The molecule has 1 amide bonds. The van der Waals surface area contributed by atoms with E-state index in [4.69, 9.17) is 11.5 Å². The standard InChI is InChI=1S/C13H21N3O/c1-2-16(10-13(15)17)12(8-9-14)11-6-4-3-5-7-11/h3-7,12H,2,8-10,14H2,1H3,(H2,15,17). The van der Waals surface area contributed by atoms with Gasteiger partial charge in [0, 0.05) is 6.04 Å². The van der Waals surface area contributed by atoms with Crippen molar-refractivity contribution in [3.05, 3.63) is 35.9 Å². The number of carbonyl (C=O) groups excluding carboxylic acids is 1. The second kappa shape index (κ2) is 7.04. The molecule has 1 rings (SSSR count). The number of amides is 1. The number of likely N-dealkylation sites (N-methyl/N-ethyl adjacent to an activating group) is 1. The van der Waals surface area contributed by atoms with E-state index in [9.17, 15) is 4.79 Å². The molecule has 1 atom stereocenters. The van der Waals surface area contributed by atoms with Crippen LogP contribution in [0.1, 0.15) is 24.9 Å². The molecule has 1 aromatic carbocycles. The summed E-state index contributed by atoms with van der Waals surface area (Å²) in [6.45, 7) is 3.67. The van der Waals surface area contributed by atoms with Crippen LogP contribution in [0.25, 0.3) is 0 Å². The summed E-state index contributed by atoms with van der Waals surface area (Å²) in [7, 11) is 0. The minimum absolute atomic E-state index is 0.165. The number of nitrogens with two attached hydrogens (primary N) is 2. The summed E-state index contributed by atoms with van der Waals surface area (Å²) in [6, 6.07) is 10.3. The Morgan fingerprint density at radius 2 is 2.00 bits per heavy atom. The van der Waals surface area contributed by atoms with E-state index < -0.39 is 0 Å². The summed E-state index contributed by atoms with van der Waals surface area (Å²) in [5.74, 6) is -0.301. The number of nitrogens with zero attached hydrogens (tertiary/aromatic N) is 1. The molecule has 4 N–H and O–H groups in total. The molecule has 4 nitrogen and oxygen atoms in total. The largest absolute Gasteiger partial charge is 0.369 e. The lowest BCUT2D eigenvalue weighted by Gasteiger charge is -2.29. The highest BCUT2D eigenvalue weighted by Gasteiger charge is 2.19. The van der Waals surface area contributed by atoms with Gasteiger partial charge >= 0.3 is 0 Å². The van der Waals surface area contributed by atoms with Gasteiger partial charge in [-0.15, -0.1) is 0 Å². The Morgan fingerprint density at radius 1 is 1.35 bits per heavy atom. The molecule has 0 aromatic heterocycles. The van der Waals surface area contributed by atoms with E-state index in [1.54, 1.807) is 0 Å². The van der Waals surface area contributed by atoms with E-state index >= 15 is 0 Å². The SMILES string of the molecule is CCN(CC(N)=O)C(CCN)c1ccccc1. The summed E-state index contributed by atoms with van der Waals surface area (Å²) < 4.78 is 0. The Balaban J connectivity index is 2.86. The molecule has 0 bridgehead atoms. The predicted octanol–water partition coefficient (Wildman–Crippen LogP) is 0.884. The van der Waals surface area contributed by atoms with Crippen LogP contribution >= 0.6 is 0 Å². The zero-order valence-electron chi connectivity index (χ0n) is 10.3. The third-order valence-corrected chi connectivity index (χ3v) is 2.83. The van der Waals surface area contributed by atoms with E-state index in [2.05, 4.69) is 17.0 Å². The number of benzene rings is 1. The second-order valence-corrected chi connectivity index (χ2v) is 4.03. The molecule has 0 aliphatic carbocycles. The molecule has 17 heavy (non-hydrogen) atoms. The van der Waals surface area contributed by atoms with Crippen LogP contribution in [-0.2, 0) is 4.79 Å². The Kier molecular flexibility index (Phi) is 5.66. The van der Waals surface area contributed by atoms with Gasteiger partial charge in [-0.1, -0.05) is 37.3 Å². The lowest BCUT2D eigenvalue weighted by Crippen LogP contribution is -2.37. The molecular formula is C13H21N3O. The minimum Gasteiger partial charge on any atom is -0.369 e. The van der Waals surface area contributed by atoms with Crippen molar-refractivity contribution in [3.8, 4) is 0 Å². The van der Waals surface area contributed by atoms with Crippen molar-refractivity contribution in [3.63, 3.8) is 0 Å². The number of primary amides is 1. The van der Waals surface area contributed by atoms with Crippen LogP contribution in [0.2, 0.25) is 0 Å². The lowest BCUT2D eigenvalue weighted by atomic mass is 10.0. The third kappa shape index (κ3) is 4.17. The summed E-state index contributed by atoms with van der Waals surface area (Å²) in [5, 5.41) is 0. The maximum Gasteiger partial charge on any atom is 0.231 e. The molecule has 1 unspecified atom stereocenters. The minimum atomic E-state index is -0.301. The average Bonchev–Trinajstić information content (AvgIpc) is 2.34. The summed E-state index contributed by atoms with van der Waals surface area (Å²) in [5.41, 5.74) is 12.1. The van der Waals surface area contributed by atoms with Gasteiger partial charge in [0.05, 0.1) is 6.54 Å². The highest BCUT2D eigenvalue weighted by molar-refractivity contribution is 5.76. The first-order chi connectivity index (χ1) is 8.19. The van der Waals surface area contributed by atoms with Gasteiger partial charge in [0.2, 0.25) is 5.91 Å². The molecule has 0 spiro atoms. The van der Waals surface area contributed by atoms with Gasteiger partial charge in [-0.05, 0) is 25.1 Å². The fourth-order valence-electron chi connectivity index (χ4n) is 2.04. The van der Waals surface area contributed by atoms with Crippen LogP contribution in [0.3, 0.4) is 0 Å². The first kappa shape index (κ1) is 13.7. The molecule has 0 saturated heterocycles. The number of hydrogen-bond acceptors (Lipinski definition) is 3. The van der Waals surface area contributed by atoms with Crippen molar-refractivity contribution in [1.82, 2.24) is 4.90 Å². The molecule has 4 heteroatoms. The van der Waals surface area contributed by atoms with Crippen molar-refractivity contribution in [2.75, 3.05) is 19.6 Å². The fourth-order valence-corrected chi connectivity index (χ4v) is 2.04. The molecular weight excluding hydrogens is 214 g/mol. The van der Waals surface area contributed by atoms with Crippen LogP contribution in [0.4, 0.5) is 0 Å². The normalized spacial score (nSPS) is 12.6. The van der Waals surface area contributed by atoms with Crippen molar-refractivity contribution in [2.45, 2.75) is 19.4 Å². The van der Waals surface area contributed by atoms with Crippen LogP contribution in [0.15, 0.2) is 30.3 Å². The van der Waals surface area contributed by atoms with Gasteiger partial charge in [0.15, 0.2) is 0 Å². The Bertz CT molecular complexity index is 340. The van der Waals surface area contributed by atoms with E-state index in [1.807, 2.05) is 25.1 Å². The van der Waals surface area contributed by atoms with E-state index in [0.29, 0.717) is 6.54 Å². The van der Waals surface area contributed by atoms with Crippen LogP contribution in [-0.4, -0.2) is 30.4 Å². The zero-order valence-corrected chi connectivity index (χ0v) is 10.3. The first-order valence-corrected chi connectivity index (χ1v) is 5.96. The maximum absolute atomic E-state index is 11.1. The Hall–Kier alpha value is -1.39. The van der Waals surface area contributed by atoms with Crippen LogP contribution < -0.4 is 11.5 Å². The van der Waals surface area contributed by atoms with Gasteiger partial charge < -0.3 is 11.5 Å². The first-order valence-electron chi connectivity index (χ1n) is 5.96. The van der Waals surface area contributed by atoms with Crippen molar-refractivity contribution >= 4 is 5.91 Å². The number of rotatable bonds is 7. The van der Waals surface area contributed by atoms with Crippen molar-refractivity contribution < 1.29 is 4.79 Å². The van der Waals surface area contributed by atoms with Gasteiger partial charge in [-0.3, -0.25) is 9.69 Å². The molecule has 0 fully saturated rings. The predicted molar refractivity (Wildman–Crippen MR) is 69.3 cm³/mol. The maximum atomic E-state index is 11.1.